The van der Waals surface area contributed by atoms with Crippen LogP contribution in [0.2, 0.25) is 0 Å². The van der Waals surface area contributed by atoms with Gasteiger partial charge in [-0.2, -0.15) is 0 Å². The summed E-state index contributed by atoms with van der Waals surface area (Å²) in [4.78, 5) is 0. The molecule has 3 heteroatoms. The van der Waals surface area contributed by atoms with Crippen molar-refractivity contribution >= 4 is 15.9 Å². The zero-order chi connectivity index (χ0) is 12.1. The molecule has 0 saturated heterocycles. The Morgan fingerprint density at radius 3 is 2.56 bits per heavy atom. The van der Waals surface area contributed by atoms with Crippen molar-refractivity contribution in [2.24, 2.45) is 5.92 Å². The van der Waals surface area contributed by atoms with Crippen LogP contribution in [0.1, 0.15) is 44.8 Å². The average Bonchev–Trinajstić information content (AvgIpc) is 2.16. The summed E-state index contributed by atoms with van der Waals surface area (Å²) in [5.41, 5.74) is 0.381. The number of benzene rings is 1. The maximum absolute atomic E-state index is 13.5. The first-order chi connectivity index (χ1) is 7.52. The number of rotatable bonds is 5. The molecule has 1 unspecified atom stereocenters. The Balaban J connectivity index is 2.62. The highest BCUT2D eigenvalue weighted by Crippen LogP contribution is 2.29. The molecule has 0 amide bonds. The van der Waals surface area contributed by atoms with Gasteiger partial charge in [-0.25, -0.2) is 4.39 Å². The predicted molar refractivity (Wildman–Crippen MR) is 67.7 cm³/mol. The minimum Gasteiger partial charge on any atom is -0.388 e. The molecule has 0 spiro atoms. The Bertz CT molecular complexity index is 318. The zero-order valence-corrected chi connectivity index (χ0v) is 11.3. The quantitative estimate of drug-likeness (QED) is 0.849. The van der Waals surface area contributed by atoms with E-state index in [0.29, 0.717) is 22.4 Å². The molecule has 1 N–H and O–H groups in total. The minimum absolute atomic E-state index is 0.341. The third-order valence-corrected chi connectivity index (χ3v) is 3.28. The van der Waals surface area contributed by atoms with Crippen LogP contribution >= 0.6 is 15.9 Å². The van der Waals surface area contributed by atoms with Crippen molar-refractivity contribution in [3.8, 4) is 0 Å². The predicted octanol–water partition coefficient (Wildman–Crippen LogP) is 4.45. The molecule has 0 aliphatic carbocycles. The van der Waals surface area contributed by atoms with Crippen molar-refractivity contribution in [3.05, 3.63) is 34.1 Å². The topological polar surface area (TPSA) is 20.2 Å². The molecule has 1 aromatic carbocycles. The first-order valence-electron chi connectivity index (χ1n) is 5.64. The normalized spacial score (nSPS) is 13.1. The lowest BCUT2D eigenvalue weighted by molar-refractivity contribution is 0.157. The Labute approximate surface area is 105 Å². The van der Waals surface area contributed by atoms with Crippen LogP contribution in [0, 0.1) is 11.7 Å². The van der Waals surface area contributed by atoms with Crippen molar-refractivity contribution in [2.75, 3.05) is 0 Å². The van der Waals surface area contributed by atoms with Gasteiger partial charge in [0.2, 0.25) is 0 Å². The van der Waals surface area contributed by atoms with Crippen LogP contribution in [0.4, 0.5) is 4.39 Å². The number of hydrogen-bond acceptors (Lipinski definition) is 1. The van der Waals surface area contributed by atoms with Crippen LogP contribution in [0.5, 0.6) is 0 Å². The summed E-state index contributed by atoms with van der Waals surface area (Å²) < 4.78 is 14.1. The van der Waals surface area contributed by atoms with Crippen molar-refractivity contribution in [1.82, 2.24) is 0 Å². The molecule has 90 valence electrons. The van der Waals surface area contributed by atoms with E-state index in [1.165, 1.54) is 6.07 Å². The van der Waals surface area contributed by atoms with E-state index in [4.69, 9.17) is 0 Å². The summed E-state index contributed by atoms with van der Waals surface area (Å²) in [6, 6.07) is 4.76. The Kier molecular flexibility index (Phi) is 5.42. The fourth-order valence-electron chi connectivity index (χ4n) is 1.69. The van der Waals surface area contributed by atoms with Crippen LogP contribution in [0.15, 0.2) is 22.7 Å². The molecular weight excluding hydrogens is 271 g/mol. The molecule has 0 saturated carbocycles. The third-order valence-electron chi connectivity index (χ3n) is 2.59. The summed E-state index contributed by atoms with van der Waals surface area (Å²) in [5, 5.41) is 9.93. The van der Waals surface area contributed by atoms with Crippen LogP contribution in [0.25, 0.3) is 0 Å². The highest BCUT2D eigenvalue weighted by atomic mass is 79.9. The van der Waals surface area contributed by atoms with Gasteiger partial charge in [0.05, 0.1) is 6.10 Å². The number of aliphatic hydroxyl groups excluding tert-OH is 1. The average molecular weight is 289 g/mol. The second kappa shape index (κ2) is 6.36. The minimum atomic E-state index is -0.714. The highest BCUT2D eigenvalue weighted by Gasteiger charge is 2.15. The van der Waals surface area contributed by atoms with Gasteiger partial charge in [-0.1, -0.05) is 48.7 Å². The SMILES string of the molecule is CC(C)CCCC(O)c1c(F)cccc1Br. The van der Waals surface area contributed by atoms with E-state index >= 15 is 0 Å². The molecule has 1 rings (SSSR count). The zero-order valence-electron chi connectivity index (χ0n) is 9.71. The Morgan fingerprint density at radius 2 is 2.00 bits per heavy atom. The summed E-state index contributed by atoms with van der Waals surface area (Å²) in [6.45, 7) is 4.29. The van der Waals surface area contributed by atoms with Crippen molar-refractivity contribution in [1.29, 1.82) is 0 Å². The molecule has 0 aromatic heterocycles. The lowest BCUT2D eigenvalue weighted by Gasteiger charge is -2.14. The van der Waals surface area contributed by atoms with E-state index in [1.54, 1.807) is 12.1 Å². The van der Waals surface area contributed by atoms with E-state index < -0.39 is 6.10 Å². The second-order valence-electron chi connectivity index (χ2n) is 4.48. The maximum Gasteiger partial charge on any atom is 0.130 e. The number of halogens is 2. The smallest absolute Gasteiger partial charge is 0.130 e. The molecule has 0 aliphatic heterocycles. The molecule has 1 aromatic rings. The fourth-order valence-corrected chi connectivity index (χ4v) is 2.30. The van der Waals surface area contributed by atoms with Gasteiger partial charge >= 0.3 is 0 Å². The van der Waals surface area contributed by atoms with E-state index in [-0.39, 0.29) is 5.82 Å². The molecule has 0 radical (unpaired) electrons. The number of aliphatic hydroxyl groups is 1. The molecule has 0 bridgehead atoms. The molecule has 0 heterocycles. The maximum atomic E-state index is 13.5. The van der Waals surface area contributed by atoms with Gasteiger partial charge in [0.1, 0.15) is 5.82 Å². The summed E-state index contributed by atoms with van der Waals surface area (Å²) >= 11 is 3.27. The van der Waals surface area contributed by atoms with Gasteiger partial charge < -0.3 is 5.11 Å². The fraction of sp³-hybridized carbons (Fsp3) is 0.538. The summed E-state index contributed by atoms with van der Waals surface area (Å²) in [6.07, 6.45) is 1.87. The van der Waals surface area contributed by atoms with Crippen molar-refractivity contribution < 1.29 is 9.50 Å². The lowest BCUT2D eigenvalue weighted by atomic mass is 10.00. The molecule has 1 nitrogen and oxygen atoms in total. The van der Waals surface area contributed by atoms with Crippen molar-refractivity contribution in [3.63, 3.8) is 0 Å². The third kappa shape index (κ3) is 3.87. The molecule has 0 aliphatic rings. The van der Waals surface area contributed by atoms with Crippen LogP contribution in [0.3, 0.4) is 0 Å². The van der Waals surface area contributed by atoms with E-state index in [2.05, 4.69) is 29.8 Å². The van der Waals surface area contributed by atoms with Gasteiger partial charge in [-0.05, 0) is 24.5 Å². The largest absolute Gasteiger partial charge is 0.388 e. The summed E-state index contributed by atoms with van der Waals surface area (Å²) in [7, 11) is 0. The first kappa shape index (κ1) is 13.7. The molecule has 1 atom stereocenters. The van der Waals surface area contributed by atoms with Crippen LogP contribution in [-0.2, 0) is 0 Å². The van der Waals surface area contributed by atoms with E-state index in [1.807, 2.05) is 0 Å². The van der Waals surface area contributed by atoms with Gasteiger partial charge in [0.25, 0.3) is 0 Å². The van der Waals surface area contributed by atoms with Gasteiger partial charge in [0, 0.05) is 10.0 Å². The Hall–Kier alpha value is -0.410. The highest BCUT2D eigenvalue weighted by molar-refractivity contribution is 9.10. The van der Waals surface area contributed by atoms with Crippen molar-refractivity contribution in [2.45, 2.75) is 39.2 Å². The number of hydrogen-bond donors (Lipinski definition) is 1. The standard InChI is InChI=1S/C13H18BrFO/c1-9(2)5-3-8-12(16)13-10(14)6-4-7-11(13)15/h4,6-7,9,12,16H,3,5,8H2,1-2H3. The van der Waals surface area contributed by atoms with E-state index in [0.717, 1.165) is 12.8 Å². The van der Waals surface area contributed by atoms with Gasteiger partial charge in [0.15, 0.2) is 0 Å². The molecule has 16 heavy (non-hydrogen) atoms. The molecule has 0 fully saturated rings. The molecular formula is C13H18BrFO. The van der Waals surface area contributed by atoms with Crippen LogP contribution in [-0.4, -0.2) is 5.11 Å². The van der Waals surface area contributed by atoms with Gasteiger partial charge in [-0.3, -0.25) is 0 Å². The van der Waals surface area contributed by atoms with Crippen LogP contribution < -0.4 is 0 Å². The second-order valence-corrected chi connectivity index (χ2v) is 5.33. The lowest BCUT2D eigenvalue weighted by Crippen LogP contribution is -2.02. The van der Waals surface area contributed by atoms with E-state index in [9.17, 15) is 9.50 Å². The monoisotopic (exact) mass is 288 g/mol. The summed E-state index contributed by atoms with van der Waals surface area (Å²) in [5.74, 6) is 0.280. The van der Waals surface area contributed by atoms with Gasteiger partial charge in [-0.15, -0.1) is 0 Å². The Morgan fingerprint density at radius 1 is 1.31 bits per heavy atom. The first-order valence-corrected chi connectivity index (χ1v) is 6.43.